The summed E-state index contributed by atoms with van der Waals surface area (Å²) in [6.07, 6.45) is 19.7. The van der Waals surface area contributed by atoms with E-state index < -0.39 is 31.1 Å². The summed E-state index contributed by atoms with van der Waals surface area (Å²) in [7, 11) is -4.84. The Morgan fingerprint density at radius 2 is 1.15 bits per heavy atom. The summed E-state index contributed by atoms with van der Waals surface area (Å²) in [6, 6.07) is 8.15. The quantitative estimate of drug-likeness (QED) is 0.0258. The van der Waals surface area contributed by atoms with Crippen molar-refractivity contribution in [1.29, 1.82) is 0 Å². The highest BCUT2D eigenvalue weighted by molar-refractivity contribution is 6.75. The molecule has 11 atom stereocenters. The molecule has 0 saturated carbocycles. The van der Waals surface area contributed by atoms with Crippen LogP contribution in [-0.2, 0) is 34.2 Å². The van der Waals surface area contributed by atoms with Crippen molar-refractivity contribution in [2.45, 2.75) is 228 Å². The van der Waals surface area contributed by atoms with Crippen molar-refractivity contribution in [1.82, 2.24) is 0 Å². The van der Waals surface area contributed by atoms with Crippen LogP contribution in [0, 0.1) is 35.5 Å². The number of ether oxygens (including phenoxy) is 3. The Balaban J connectivity index is 3.53. The van der Waals surface area contributed by atoms with Crippen LogP contribution in [0.3, 0.4) is 0 Å². The molecule has 1 rings (SSSR count). The normalized spacial score (nSPS) is 18.5. The molecule has 0 aliphatic rings. The van der Waals surface area contributed by atoms with Gasteiger partial charge < -0.3 is 32.6 Å². The molecule has 0 radical (unpaired) electrons. The number of aliphatic hydroxyl groups excluding tert-OH is 1. The van der Waals surface area contributed by atoms with Crippen LogP contribution in [-0.4, -0.2) is 80.3 Å². The first-order chi connectivity index (χ1) is 32.5. The summed E-state index contributed by atoms with van der Waals surface area (Å²) >= 11 is 0. The Morgan fingerprint density at radius 1 is 0.648 bits per heavy atom. The Morgan fingerprint density at radius 3 is 1.66 bits per heavy atom. The highest BCUT2D eigenvalue weighted by Crippen LogP contribution is 2.43. The number of benzene rings is 1. The second-order valence-electron chi connectivity index (χ2n) is 25.4. The number of hydrogen-bond acceptors (Lipinski definition) is 8. The van der Waals surface area contributed by atoms with Gasteiger partial charge in [0.15, 0.2) is 25.0 Å². The molecule has 11 heteroatoms. The topological polar surface area (TPSA) is 92.7 Å². The third-order valence-corrected chi connectivity index (χ3v) is 29.5. The first-order valence-corrected chi connectivity index (χ1v) is 35.7. The van der Waals surface area contributed by atoms with Crippen LogP contribution in [0.4, 0.5) is 0 Å². The third-order valence-electron chi connectivity index (χ3n) is 16.1. The van der Waals surface area contributed by atoms with Crippen molar-refractivity contribution >= 4 is 30.9 Å². The largest absolute Gasteiger partial charge is 0.497 e. The monoisotopic (exact) mass is 1040 g/mol. The first-order valence-electron chi connectivity index (χ1n) is 27.0. The van der Waals surface area contributed by atoms with Gasteiger partial charge in [-0.3, -0.25) is 0 Å². The second kappa shape index (κ2) is 29.7. The van der Waals surface area contributed by atoms with E-state index in [1.807, 2.05) is 36.4 Å². The van der Waals surface area contributed by atoms with Crippen LogP contribution in [0.1, 0.15) is 142 Å². The summed E-state index contributed by atoms with van der Waals surface area (Å²) in [4.78, 5) is 11.9. The van der Waals surface area contributed by atoms with Crippen LogP contribution in [0.15, 0.2) is 85.5 Å². The average Bonchev–Trinajstić information content (AvgIpc) is 3.25. The molecule has 1 N–H and O–H groups in total. The fourth-order valence-corrected chi connectivity index (χ4v) is 12.5. The number of allylic oxidation sites excluding steroid dienone is 4. The van der Waals surface area contributed by atoms with E-state index >= 15 is 0 Å². The maximum Gasteiger partial charge on any atom is 0.330 e. The van der Waals surface area contributed by atoms with Crippen molar-refractivity contribution in [3.63, 3.8) is 0 Å². The summed E-state index contributed by atoms with van der Waals surface area (Å²) in [6.45, 7) is 54.9. The van der Waals surface area contributed by atoms with Gasteiger partial charge in [0.2, 0.25) is 0 Å². The van der Waals surface area contributed by atoms with E-state index in [9.17, 15) is 9.90 Å². The molecule has 0 saturated heterocycles. The minimum atomic E-state index is -2.19. The molecule has 408 valence electrons. The van der Waals surface area contributed by atoms with Crippen LogP contribution in [0.25, 0.3) is 0 Å². The summed E-state index contributed by atoms with van der Waals surface area (Å²) in [5, 5.41) is 11.9. The molecule has 71 heavy (non-hydrogen) atoms. The van der Waals surface area contributed by atoms with E-state index in [2.05, 4.69) is 180 Å². The molecule has 0 fully saturated rings. The van der Waals surface area contributed by atoms with Gasteiger partial charge >= 0.3 is 5.97 Å². The molecule has 0 bridgehead atoms. The van der Waals surface area contributed by atoms with Gasteiger partial charge in [-0.2, -0.15) is 0 Å². The van der Waals surface area contributed by atoms with Gasteiger partial charge in [-0.1, -0.05) is 171 Å². The van der Waals surface area contributed by atoms with E-state index in [1.54, 1.807) is 20.1 Å². The average molecular weight is 1040 g/mol. The van der Waals surface area contributed by atoms with Crippen molar-refractivity contribution in [2.75, 3.05) is 13.7 Å². The molecular weight excluding hydrogens is 933 g/mol. The maximum absolute atomic E-state index is 11.9. The van der Waals surface area contributed by atoms with Gasteiger partial charge in [-0.05, 0) is 122 Å². The van der Waals surface area contributed by atoms with Crippen molar-refractivity contribution in [2.24, 2.45) is 35.5 Å². The second-order valence-corrected chi connectivity index (χ2v) is 39.7. The van der Waals surface area contributed by atoms with E-state index in [-0.39, 0.29) is 75.1 Å². The lowest BCUT2D eigenvalue weighted by Gasteiger charge is -2.44. The molecule has 0 unspecified atom stereocenters. The van der Waals surface area contributed by atoms with Gasteiger partial charge in [0.25, 0.3) is 0 Å². The number of hydrogen-bond donors (Lipinski definition) is 1. The van der Waals surface area contributed by atoms with Gasteiger partial charge in [0.1, 0.15) is 5.75 Å². The molecular formula is C60H108O8Si3. The zero-order valence-electron chi connectivity index (χ0n) is 49.6. The molecule has 8 nitrogen and oxygen atoms in total. The van der Waals surface area contributed by atoms with Gasteiger partial charge in [-0.25, -0.2) is 4.79 Å². The Labute approximate surface area is 440 Å². The smallest absolute Gasteiger partial charge is 0.330 e. The van der Waals surface area contributed by atoms with Gasteiger partial charge in [0.05, 0.1) is 50.8 Å². The van der Waals surface area contributed by atoms with Crippen molar-refractivity contribution < 1.29 is 37.4 Å². The van der Waals surface area contributed by atoms with E-state index in [4.69, 9.17) is 27.5 Å². The lowest BCUT2D eigenvalue weighted by molar-refractivity contribution is -0.137. The number of methoxy groups -OCH3 is 1. The Hall–Kier alpha value is -2.36. The number of carbonyl (C=O) groups is 1. The molecule has 0 heterocycles. The fourth-order valence-electron chi connectivity index (χ4n) is 8.19. The third kappa shape index (κ3) is 23.0. The van der Waals surface area contributed by atoms with Gasteiger partial charge in [0, 0.05) is 24.3 Å². The number of esters is 1. The van der Waals surface area contributed by atoms with Crippen molar-refractivity contribution in [3.8, 4) is 5.75 Å². The summed E-state index contributed by atoms with van der Waals surface area (Å²) in [5.41, 5.74) is 1.11. The van der Waals surface area contributed by atoms with Crippen LogP contribution < -0.4 is 4.74 Å². The lowest BCUT2D eigenvalue weighted by Crippen LogP contribution is -2.48. The van der Waals surface area contributed by atoms with Crippen molar-refractivity contribution in [3.05, 3.63) is 91.1 Å². The zero-order valence-corrected chi connectivity index (χ0v) is 52.6. The molecule has 0 aliphatic carbocycles. The molecule has 0 aliphatic heterocycles. The molecule has 1 aromatic carbocycles. The number of aliphatic hydroxyl groups is 1. The zero-order chi connectivity index (χ0) is 54.8. The molecule has 0 amide bonds. The Kier molecular flexibility index (Phi) is 27.8. The standard InChI is InChI=1S/C60H108O8Si3/c1-25-27-30-46(5)57(65-43-50-35-38-52(63-18)39-36-50)49(8)53(66-69(19,20)58(9,10)11)40-33-44(3)41-48(7)56(68-71(23,24)60(15,16)17)47(6)34-37-51(61)42-54(67-70(21,22)59(12,13)14)45(4)31-28-29-32-55(62)64-26-2/h25,27-32,34-39,44-49,51,53-54,56-57,61H,1,26,33,40-43H2,2-24H3/b30-27+,31-28+,32-29+,37-34?/t44-,45+,46-,47-,48-,49-,51+,53+,54-,56-,57-/m0/s1. The van der Waals surface area contributed by atoms with Crippen LogP contribution in [0.2, 0.25) is 54.4 Å². The maximum atomic E-state index is 11.9. The number of rotatable bonds is 31. The molecule has 0 spiro atoms. The van der Waals surface area contributed by atoms with Crippen LogP contribution in [0.5, 0.6) is 5.75 Å². The minimum absolute atomic E-state index is 0.00208. The fraction of sp³-hybridized carbons (Fsp3) is 0.717. The lowest BCUT2D eigenvalue weighted by atomic mass is 9.82. The number of carbonyl (C=O) groups excluding carboxylic acids is 1. The van der Waals surface area contributed by atoms with E-state index in [0.717, 1.165) is 30.6 Å². The minimum Gasteiger partial charge on any atom is -0.497 e. The first kappa shape index (κ1) is 66.7. The van der Waals surface area contributed by atoms with Gasteiger partial charge in [-0.15, -0.1) is 0 Å². The predicted octanol–water partition coefficient (Wildman–Crippen LogP) is 16.5. The summed E-state index contributed by atoms with van der Waals surface area (Å²) in [5.74, 6) is 1.49. The Bertz CT molecular complexity index is 1810. The van der Waals surface area contributed by atoms with E-state index in [0.29, 0.717) is 25.6 Å². The predicted molar refractivity (Wildman–Crippen MR) is 311 cm³/mol. The van der Waals surface area contributed by atoms with E-state index in [1.165, 1.54) is 6.08 Å². The highest BCUT2D eigenvalue weighted by Gasteiger charge is 2.44. The highest BCUT2D eigenvalue weighted by atomic mass is 28.4. The summed E-state index contributed by atoms with van der Waals surface area (Å²) < 4.78 is 39.2. The SMILES string of the molecule is C=C/C=C/[C@H](C)[C@H](OCc1ccc(OC)cc1)[C@@H](C)[C@@H](CC[C@H](C)C[C@H](C)[C@@H](O[Si](C)(C)C(C)(C)C)[C@@H](C)C=C[C@@H](O)C[C@H](O[Si](C)(C)C(C)(C)C)[C@H](C)/C=C/C=C/C(=O)OCC)O[Si](C)(C)C(C)(C)C. The van der Waals surface area contributed by atoms with Crippen LogP contribution >= 0.6 is 0 Å². The molecule has 0 aromatic heterocycles. The molecule has 1 aromatic rings.